The number of unbranched alkanes of at least 4 members (excludes halogenated alkanes) is 5. The summed E-state index contributed by atoms with van der Waals surface area (Å²) in [7, 11) is 0. The number of rotatable bonds is 10. The summed E-state index contributed by atoms with van der Waals surface area (Å²) in [5, 5.41) is 8.70. The maximum atomic E-state index is 12.4. The van der Waals surface area contributed by atoms with Crippen LogP contribution in [-0.4, -0.2) is 17.7 Å². The zero-order valence-electron chi connectivity index (χ0n) is 16.1. The molecule has 5 heteroatoms. The van der Waals surface area contributed by atoms with Gasteiger partial charge in [0.05, 0.1) is 23.8 Å². The fourth-order valence-corrected chi connectivity index (χ4v) is 3.38. The first-order valence-corrected chi connectivity index (χ1v) is 10.4. The first-order chi connectivity index (χ1) is 13.6. The standard InChI is InChI=1S/C23H25NO3S/c1-2-3-4-5-6-7-16-27-22(25)19-10-12-20(13-11-19)23(26)28-21-14-8-18(17-24)9-15-21/h8-15H,2-7,16H2,1H3. The molecule has 2 aromatic rings. The smallest absolute Gasteiger partial charge is 0.338 e. The number of hydrogen-bond acceptors (Lipinski definition) is 5. The average Bonchev–Trinajstić information content (AvgIpc) is 2.73. The van der Waals surface area contributed by atoms with Gasteiger partial charge in [-0.1, -0.05) is 39.0 Å². The van der Waals surface area contributed by atoms with Gasteiger partial charge in [-0.25, -0.2) is 4.79 Å². The van der Waals surface area contributed by atoms with E-state index in [9.17, 15) is 9.59 Å². The van der Waals surface area contributed by atoms with Crippen LogP contribution < -0.4 is 0 Å². The molecular weight excluding hydrogens is 370 g/mol. The summed E-state index contributed by atoms with van der Waals surface area (Å²) in [6, 6.07) is 15.4. The van der Waals surface area contributed by atoms with Crippen molar-refractivity contribution in [2.45, 2.75) is 50.3 Å². The highest BCUT2D eigenvalue weighted by molar-refractivity contribution is 8.14. The third-order valence-corrected chi connectivity index (χ3v) is 5.21. The van der Waals surface area contributed by atoms with Crippen LogP contribution in [0.2, 0.25) is 0 Å². The highest BCUT2D eigenvalue weighted by Gasteiger charge is 2.11. The summed E-state index contributed by atoms with van der Waals surface area (Å²) in [6.45, 7) is 2.62. The Hall–Kier alpha value is -2.58. The Morgan fingerprint density at radius 1 is 0.893 bits per heavy atom. The summed E-state index contributed by atoms with van der Waals surface area (Å²) < 4.78 is 5.30. The molecule has 0 aliphatic carbocycles. The minimum atomic E-state index is -0.354. The largest absolute Gasteiger partial charge is 0.462 e. The van der Waals surface area contributed by atoms with Gasteiger partial charge in [-0.3, -0.25) is 4.79 Å². The van der Waals surface area contributed by atoms with Gasteiger partial charge in [0, 0.05) is 10.5 Å². The molecule has 0 heterocycles. The Kier molecular flexibility index (Phi) is 9.30. The van der Waals surface area contributed by atoms with E-state index in [1.54, 1.807) is 48.5 Å². The summed E-state index contributed by atoms with van der Waals surface area (Å²) in [4.78, 5) is 25.2. The molecule has 146 valence electrons. The molecule has 0 amide bonds. The fourth-order valence-electron chi connectivity index (χ4n) is 2.64. The van der Waals surface area contributed by atoms with Crippen LogP contribution in [0.3, 0.4) is 0 Å². The number of ether oxygens (including phenoxy) is 1. The van der Waals surface area contributed by atoms with Crippen molar-refractivity contribution < 1.29 is 14.3 Å². The monoisotopic (exact) mass is 395 g/mol. The highest BCUT2D eigenvalue weighted by Crippen LogP contribution is 2.23. The van der Waals surface area contributed by atoms with Crippen molar-refractivity contribution in [1.29, 1.82) is 5.26 Å². The molecule has 0 unspecified atom stereocenters. The van der Waals surface area contributed by atoms with Crippen LogP contribution >= 0.6 is 11.8 Å². The zero-order valence-corrected chi connectivity index (χ0v) is 17.0. The molecule has 0 saturated heterocycles. The zero-order chi connectivity index (χ0) is 20.2. The van der Waals surface area contributed by atoms with Crippen LogP contribution in [0.15, 0.2) is 53.4 Å². The van der Waals surface area contributed by atoms with E-state index in [1.807, 2.05) is 6.07 Å². The van der Waals surface area contributed by atoms with Crippen molar-refractivity contribution in [1.82, 2.24) is 0 Å². The van der Waals surface area contributed by atoms with Crippen LogP contribution in [0, 0.1) is 11.3 Å². The SMILES string of the molecule is CCCCCCCCOC(=O)c1ccc(C(=O)Sc2ccc(C#N)cc2)cc1. The van der Waals surface area contributed by atoms with Crippen molar-refractivity contribution in [3.8, 4) is 6.07 Å². The molecule has 4 nitrogen and oxygen atoms in total. The van der Waals surface area contributed by atoms with Crippen molar-refractivity contribution in [3.63, 3.8) is 0 Å². The Labute approximate surface area is 170 Å². The van der Waals surface area contributed by atoms with Crippen molar-refractivity contribution >= 4 is 22.8 Å². The number of nitriles is 1. The molecule has 0 aromatic heterocycles. The minimum Gasteiger partial charge on any atom is -0.462 e. The van der Waals surface area contributed by atoms with E-state index >= 15 is 0 Å². The van der Waals surface area contributed by atoms with Gasteiger partial charge >= 0.3 is 5.97 Å². The second kappa shape index (κ2) is 12.0. The average molecular weight is 396 g/mol. The molecule has 0 aliphatic rings. The summed E-state index contributed by atoms with van der Waals surface area (Å²) in [5.41, 5.74) is 1.52. The van der Waals surface area contributed by atoms with Gasteiger partial charge in [-0.15, -0.1) is 0 Å². The van der Waals surface area contributed by atoms with E-state index in [0.717, 1.165) is 29.5 Å². The molecular formula is C23H25NO3S. The Bertz CT molecular complexity index is 807. The molecule has 0 bridgehead atoms. The third-order valence-electron chi connectivity index (χ3n) is 4.28. The van der Waals surface area contributed by atoms with E-state index in [1.165, 1.54) is 25.7 Å². The lowest BCUT2D eigenvalue weighted by Crippen LogP contribution is -2.07. The van der Waals surface area contributed by atoms with Crippen molar-refractivity contribution in [3.05, 3.63) is 65.2 Å². The van der Waals surface area contributed by atoms with Crippen molar-refractivity contribution in [2.24, 2.45) is 0 Å². The fraction of sp³-hybridized carbons (Fsp3) is 0.348. The van der Waals surface area contributed by atoms with E-state index in [2.05, 4.69) is 6.92 Å². The van der Waals surface area contributed by atoms with Crippen LogP contribution in [0.4, 0.5) is 0 Å². The molecule has 0 radical (unpaired) electrons. The second-order valence-electron chi connectivity index (χ2n) is 6.51. The first kappa shape index (κ1) is 21.7. The van der Waals surface area contributed by atoms with Crippen molar-refractivity contribution in [2.75, 3.05) is 6.61 Å². The molecule has 2 aromatic carbocycles. The lowest BCUT2D eigenvalue weighted by atomic mass is 10.1. The van der Waals surface area contributed by atoms with Gasteiger partial charge in [0.1, 0.15) is 0 Å². The summed E-state index contributed by atoms with van der Waals surface area (Å²) >= 11 is 1.09. The molecule has 2 rings (SSSR count). The Balaban J connectivity index is 1.79. The van der Waals surface area contributed by atoms with Gasteiger partial charge in [0.2, 0.25) is 5.12 Å². The Morgan fingerprint density at radius 2 is 1.50 bits per heavy atom. The predicted molar refractivity (Wildman–Crippen MR) is 111 cm³/mol. The first-order valence-electron chi connectivity index (χ1n) is 9.63. The van der Waals surface area contributed by atoms with Gasteiger partial charge in [0.15, 0.2) is 0 Å². The van der Waals surface area contributed by atoms with Crippen LogP contribution in [0.1, 0.15) is 71.7 Å². The van der Waals surface area contributed by atoms with E-state index in [0.29, 0.717) is 23.3 Å². The molecule has 28 heavy (non-hydrogen) atoms. The quantitative estimate of drug-likeness (QED) is 0.280. The molecule has 0 saturated carbocycles. The number of thioether (sulfide) groups is 1. The highest BCUT2D eigenvalue weighted by atomic mass is 32.2. The molecule has 0 spiro atoms. The second-order valence-corrected chi connectivity index (χ2v) is 7.55. The van der Waals surface area contributed by atoms with Gasteiger partial charge in [-0.05, 0) is 66.7 Å². The van der Waals surface area contributed by atoms with E-state index < -0.39 is 0 Å². The maximum Gasteiger partial charge on any atom is 0.338 e. The lowest BCUT2D eigenvalue weighted by molar-refractivity contribution is 0.0497. The van der Waals surface area contributed by atoms with Gasteiger partial charge < -0.3 is 4.74 Å². The lowest BCUT2D eigenvalue weighted by Gasteiger charge is -2.06. The van der Waals surface area contributed by atoms with Crippen LogP contribution in [-0.2, 0) is 4.74 Å². The number of carbonyl (C=O) groups is 2. The minimum absolute atomic E-state index is 0.114. The summed E-state index contributed by atoms with van der Waals surface area (Å²) in [5.74, 6) is -0.354. The van der Waals surface area contributed by atoms with Gasteiger partial charge in [-0.2, -0.15) is 5.26 Å². The van der Waals surface area contributed by atoms with E-state index in [-0.39, 0.29) is 11.1 Å². The molecule has 0 atom stereocenters. The normalized spacial score (nSPS) is 10.3. The molecule has 0 fully saturated rings. The summed E-state index contributed by atoms with van der Waals surface area (Å²) in [6.07, 6.45) is 6.86. The molecule has 0 aliphatic heterocycles. The van der Waals surface area contributed by atoms with Crippen LogP contribution in [0.5, 0.6) is 0 Å². The predicted octanol–water partition coefficient (Wildman–Crippen LogP) is 6.01. The topological polar surface area (TPSA) is 67.2 Å². The number of hydrogen-bond donors (Lipinski definition) is 0. The number of esters is 1. The number of benzene rings is 2. The van der Waals surface area contributed by atoms with Gasteiger partial charge in [0.25, 0.3) is 0 Å². The third kappa shape index (κ3) is 7.21. The molecule has 0 N–H and O–H groups in total. The van der Waals surface area contributed by atoms with Crippen LogP contribution in [0.25, 0.3) is 0 Å². The number of carbonyl (C=O) groups excluding carboxylic acids is 2. The Morgan fingerprint density at radius 3 is 2.14 bits per heavy atom. The maximum absolute atomic E-state index is 12.4. The van der Waals surface area contributed by atoms with E-state index in [4.69, 9.17) is 10.00 Å². The number of nitrogens with zero attached hydrogens (tertiary/aromatic N) is 1.